The molecule has 1 aliphatic rings. The Bertz CT molecular complexity index is 490. The van der Waals surface area contributed by atoms with E-state index in [-0.39, 0.29) is 12.6 Å². The van der Waals surface area contributed by atoms with Crippen molar-refractivity contribution in [2.75, 3.05) is 31.6 Å². The van der Waals surface area contributed by atoms with Gasteiger partial charge in [0.25, 0.3) is 0 Å². The summed E-state index contributed by atoms with van der Waals surface area (Å²) < 4.78 is 0. The second-order valence-electron chi connectivity index (χ2n) is 6.55. The lowest BCUT2D eigenvalue weighted by molar-refractivity contribution is 0.0531. The van der Waals surface area contributed by atoms with Gasteiger partial charge in [-0.1, -0.05) is 6.07 Å². The van der Waals surface area contributed by atoms with Gasteiger partial charge in [0.15, 0.2) is 0 Å². The normalized spacial score (nSPS) is 15.0. The van der Waals surface area contributed by atoms with Crippen LogP contribution in [0.4, 0.5) is 10.6 Å². The number of aliphatic hydroxyl groups is 1. The van der Waals surface area contributed by atoms with Crippen LogP contribution in [0.2, 0.25) is 0 Å². The fraction of sp³-hybridized carbons (Fsp3) is 0.625. The number of rotatable bonds is 5. The number of anilines is 1. The summed E-state index contributed by atoms with van der Waals surface area (Å²) in [4.78, 5) is 20.2. The molecular weight excluding hydrogens is 280 g/mol. The number of amides is 2. The van der Waals surface area contributed by atoms with Crippen molar-refractivity contribution in [3.8, 4) is 0 Å². The van der Waals surface area contributed by atoms with Crippen molar-refractivity contribution in [1.82, 2.24) is 15.2 Å². The molecule has 0 atom stereocenters. The summed E-state index contributed by atoms with van der Waals surface area (Å²) in [5, 5.41) is 12.6. The van der Waals surface area contributed by atoms with Crippen molar-refractivity contribution in [2.24, 2.45) is 0 Å². The molecule has 2 rings (SSSR count). The van der Waals surface area contributed by atoms with Crippen molar-refractivity contribution < 1.29 is 9.90 Å². The van der Waals surface area contributed by atoms with E-state index in [4.69, 9.17) is 0 Å². The number of pyridine rings is 1. The van der Waals surface area contributed by atoms with Crippen LogP contribution in [0.3, 0.4) is 0 Å². The maximum absolute atomic E-state index is 11.9. The highest BCUT2D eigenvalue weighted by Crippen LogP contribution is 2.17. The molecule has 2 heterocycles. The van der Waals surface area contributed by atoms with E-state index in [1.165, 1.54) is 17.7 Å². The summed E-state index contributed by atoms with van der Waals surface area (Å²) >= 11 is 0. The molecule has 1 saturated heterocycles. The van der Waals surface area contributed by atoms with Crippen LogP contribution in [0.5, 0.6) is 0 Å². The number of carbonyl (C=O) groups excluding carboxylic acids is 1. The third-order valence-electron chi connectivity index (χ3n) is 3.65. The summed E-state index contributed by atoms with van der Waals surface area (Å²) in [7, 11) is 1.67. The van der Waals surface area contributed by atoms with Crippen molar-refractivity contribution in [2.45, 2.75) is 38.8 Å². The lowest BCUT2D eigenvalue weighted by Gasteiger charge is -2.25. The minimum absolute atomic E-state index is 0.203. The summed E-state index contributed by atoms with van der Waals surface area (Å²) in [5.74, 6) is 1.01. The van der Waals surface area contributed by atoms with E-state index in [1.54, 1.807) is 20.9 Å². The van der Waals surface area contributed by atoms with Gasteiger partial charge in [0.2, 0.25) is 0 Å². The van der Waals surface area contributed by atoms with Gasteiger partial charge in [-0.2, -0.15) is 0 Å². The minimum atomic E-state index is -0.898. The zero-order valence-electron chi connectivity index (χ0n) is 13.7. The average Bonchev–Trinajstić information content (AvgIpc) is 2.97. The Kier molecular flexibility index (Phi) is 5.24. The first-order valence-corrected chi connectivity index (χ1v) is 7.76. The zero-order valence-corrected chi connectivity index (χ0v) is 13.7. The van der Waals surface area contributed by atoms with Gasteiger partial charge >= 0.3 is 6.03 Å². The second kappa shape index (κ2) is 6.96. The van der Waals surface area contributed by atoms with Gasteiger partial charge < -0.3 is 20.2 Å². The van der Waals surface area contributed by atoms with Gasteiger partial charge in [-0.05, 0) is 38.3 Å². The van der Waals surface area contributed by atoms with E-state index >= 15 is 0 Å². The monoisotopic (exact) mass is 306 g/mol. The highest BCUT2D eigenvalue weighted by atomic mass is 16.3. The Morgan fingerprint density at radius 2 is 2.09 bits per heavy atom. The molecule has 0 saturated carbocycles. The molecule has 1 fully saturated rings. The molecule has 0 bridgehead atoms. The average molecular weight is 306 g/mol. The number of hydrogen-bond acceptors (Lipinski definition) is 4. The number of urea groups is 1. The Hall–Kier alpha value is -1.82. The number of likely N-dealkylation sites (N-methyl/N-ethyl adjacent to an activating group) is 1. The van der Waals surface area contributed by atoms with Gasteiger partial charge in [-0.3, -0.25) is 0 Å². The van der Waals surface area contributed by atoms with Crippen LogP contribution < -0.4 is 10.2 Å². The van der Waals surface area contributed by atoms with Gasteiger partial charge in [-0.25, -0.2) is 9.78 Å². The maximum Gasteiger partial charge on any atom is 0.317 e. The van der Waals surface area contributed by atoms with Crippen LogP contribution in [0.15, 0.2) is 18.3 Å². The Morgan fingerprint density at radius 1 is 1.41 bits per heavy atom. The van der Waals surface area contributed by atoms with Gasteiger partial charge in [-0.15, -0.1) is 0 Å². The number of carbonyl (C=O) groups is 1. The first kappa shape index (κ1) is 16.5. The predicted octanol–water partition coefficient (Wildman–Crippen LogP) is 1.59. The molecular formula is C16H26N4O2. The first-order chi connectivity index (χ1) is 10.3. The number of nitrogens with zero attached hydrogens (tertiary/aromatic N) is 3. The Morgan fingerprint density at radius 3 is 2.64 bits per heavy atom. The van der Waals surface area contributed by atoms with Gasteiger partial charge in [0.1, 0.15) is 5.82 Å². The third kappa shape index (κ3) is 4.87. The van der Waals surface area contributed by atoms with E-state index in [0.717, 1.165) is 24.5 Å². The van der Waals surface area contributed by atoms with Crippen LogP contribution in [0, 0.1) is 0 Å². The molecule has 6 heteroatoms. The predicted molar refractivity (Wildman–Crippen MR) is 86.8 cm³/mol. The van der Waals surface area contributed by atoms with E-state index < -0.39 is 5.60 Å². The number of aromatic nitrogens is 1. The number of hydrogen-bond donors (Lipinski definition) is 2. The highest BCUT2D eigenvalue weighted by molar-refractivity contribution is 5.73. The van der Waals surface area contributed by atoms with Gasteiger partial charge in [0, 0.05) is 32.9 Å². The molecule has 1 aromatic rings. The van der Waals surface area contributed by atoms with E-state index in [2.05, 4.69) is 15.2 Å². The summed E-state index contributed by atoms with van der Waals surface area (Å²) in [6.07, 6.45) is 4.27. The van der Waals surface area contributed by atoms with E-state index in [0.29, 0.717) is 6.54 Å². The highest BCUT2D eigenvalue weighted by Gasteiger charge is 2.19. The van der Waals surface area contributed by atoms with Crippen LogP contribution in [0.25, 0.3) is 0 Å². The second-order valence-corrected chi connectivity index (χ2v) is 6.55. The Labute approximate surface area is 132 Å². The number of nitrogens with one attached hydrogen (secondary N) is 1. The first-order valence-electron chi connectivity index (χ1n) is 7.76. The fourth-order valence-electron chi connectivity index (χ4n) is 2.62. The van der Waals surface area contributed by atoms with Crippen LogP contribution >= 0.6 is 0 Å². The molecule has 2 N–H and O–H groups in total. The lowest BCUT2D eigenvalue weighted by atomic mass is 10.1. The zero-order chi connectivity index (χ0) is 16.2. The van der Waals surface area contributed by atoms with Crippen LogP contribution in [-0.4, -0.2) is 53.3 Å². The Balaban J connectivity index is 1.82. The van der Waals surface area contributed by atoms with E-state index in [1.807, 2.05) is 18.3 Å². The topological polar surface area (TPSA) is 68.7 Å². The molecule has 6 nitrogen and oxygen atoms in total. The summed E-state index contributed by atoms with van der Waals surface area (Å²) in [6.45, 7) is 6.22. The van der Waals surface area contributed by atoms with Crippen molar-refractivity contribution >= 4 is 11.8 Å². The lowest BCUT2D eigenvalue weighted by Crippen LogP contribution is -2.44. The van der Waals surface area contributed by atoms with E-state index in [9.17, 15) is 9.90 Å². The molecule has 0 aliphatic carbocycles. The standard InChI is InChI=1S/C16H26N4O2/c1-16(2,22)12-19(3)15(21)18-11-13-6-7-14(17-10-13)20-8-4-5-9-20/h6-7,10,22H,4-5,8-9,11-12H2,1-3H3,(H,18,21). The fourth-order valence-corrected chi connectivity index (χ4v) is 2.62. The third-order valence-corrected chi connectivity index (χ3v) is 3.65. The maximum atomic E-state index is 11.9. The molecule has 0 aromatic carbocycles. The quantitative estimate of drug-likeness (QED) is 0.867. The largest absolute Gasteiger partial charge is 0.389 e. The molecule has 122 valence electrons. The minimum Gasteiger partial charge on any atom is -0.389 e. The van der Waals surface area contributed by atoms with Crippen molar-refractivity contribution in [1.29, 1.82) is 0 Å². The molecule has 22 heavy (non-hydrogen) atoms. The van der Waals surface area contributed by atoms with Crippen molar-refractivity contribution in [3.63, 3.8) is 0 Å². The molecule has 0 radical (unpaired) electrons. The molecule has 0 unspecified atom stereocenters. The van der Waals surface area contributed by atoms with Gasteiger partial charge in [0.05, 0.1) is 12.1 Å². The molecule has 1 aliphatic heterocycles. The molecule has 1 aromatic heterocycles. The molecule has 2 amide bonds. The summed E-state index contributed by atoms with van der Waals surface area (Å²) in [6, 6.07) is 3.80. The van der Waals surface area contributed by atoms with Crippen molar-refractivity contribution in [3.05, 3.63) is 23.9 Å². The van der Waals surface area contributed by atoms with Crippen LogP contribution in [-0.2, 0) is 6.54 Å². The summed E-state index contributed by atoms with van der Waals surface area (Å²) in [5.41, 5.74) is 0.0679. The smallest absolute Gasteiger partial charge is 0.317 e. The molecule has 0 spiro atoms. The SMILES string of the molecule is CN(CC(C)(C)O)C(=O)NCc1ccc(N2CCCC2)nc1. The van der Waals surface area contributed by atoms with Crippen LogP contribution in [0.1, 0.15) is 32.3 Å².